The van der Waals surface area contributed by atoms with Gasteiger partial charge in [0.05, 0.1) is 0 Å². The second kappa shape index (κ2) is 9.06. The number of carbonyl (C=O) groups excluding carboxylic acids is 2. The zero-order valence-electron chi connectivity index (χ0n) is 14.3. The summed E-state index contributed by atoms with van der Waals surface area (Å²) in [6, 6.07) is 7.43. The largest absolute Gasteiger partial charge is 0.481 e. The average Bonchev–Trinajstić information content (AvgIpc) is 2.61. The molecule has 6 heteroatoms. The minimum Gasteiger partial charge on any atom is -0.481 e. The van der Waals surface area contributed by atoms with Gasteiger partial charge < -0.3 is 15.0 Å². The zero-order valence-corrected chi connectivity index (χ0v) is 15.8. The summed E-state index contributed by atoms with van der Waals surface area (Å²) in [6.45, 7) is 5.74. The first kappa shape index (κ1) is 18.8. The molecule has 1 aliphatic heterocycles. The number of hydrogen-bond acceptors (Lipinski definition) is 3. The number of hydrogen-bond donors (Lipinski definition) is 1. The number of nitrogens with one attached hydrogen (secondary N) is 1. The highest BCUT2D eigenvalue weighted by Crippen LogP contribution is 2.21. The van der Waals surface area contributed by atoms with Crippen molar-refractivity contribution in [1.29, 1.82) is 0 Å². The molecule has 2 amide bonds. The van der Waals surface area contributed by atoms with Crippen molar-refractivity contribution in [1.82, 2.24) is 10.2 Å². The number of ether oxygens (including phenoxy) is 1. The Labute approximate surface area is 151 Å². The fraction of sp³-hybridized carbons (Fsp3) is 0.556. The van der Waals surface area contributed by atoms with Gasteiger partial charge in [-0.1, -0.05) is 22.9 Å². The Balaban J connectivity index is 1.81. The molecule has 1 saturated heterocycles. The molecule has 0 saturated carbocycles. The van der Waals surface area contributed by atoms with Gasteiger partial charge in [-0.15, -0.1) is 0 Å². The van der Waals surface area contributed by atoms with E-state index in [1.807, 2.05) is 31.2 Å². The van der Waals surface area contributed by atoms with Crippen molar-refractivity contribution >= 4 is 27.7 Å². The van der Waals surface area contributed by atoms with Crippen LogP contribution < -0.4 is 10.1 Å². The van der Waals surface area contributed by atoms with E-state index in [4.69, 9.17) is 4.74 Å². The van der Waals surface area contributed by atoms with E-state index in [0.717, 1.165) is 17.4 Å². The second-order valence-electron chi connectivity index (χ2n) is 6.10. The summed E-state index contributed by atoms with van der Waals surface area (Å²) in [4.78, 5) is 26.3. The van der Waals surface area contributed by atoms with Gasteiger partial charge in [0, 0.05) is 30.0 Å². The maximum atomic E-state index is 12.5. The number of nitrogens with zero attached hydrogens (tertiary/aromatic N) is 1. The predicted molar refractivity (Wildman–Crippen MR) is 96.8 cm³/mol. The fourth-order valence-electron chi connectivity index (χ4n) is 2.78. The molecular weight excluding hydrogens is 372 g/mol. The van der Waals surface area contributed by atoms with Crippen molar-refractivity contribution in [2.75, 3.05) is 19.6 Å². The third kappa shape index (κ3) is 5.23. The first-order valence-corrected chi connectivity index (χ1v) is 9.29. The number of benzene rings is 1. The molecular formula is C18H25BrN2O3. The lowest BCUT2D eigenvalue weighted by Gasteiger charge is -2.33. The van der Waals surface area contributed by atoms with E-state index in [2.05, 4.69) is 21.2 Å². The third-order valence-corrected chi connectivity index (χ3v) is 4.73. The molecule has 1 fully saturated rings. The van der Waals surface area contributed by atoms with Gasteiger partial charge in [0.15, 0.2) is 6.10 Å². The van der Waals surface area contributed by atoms with E-state index in [0.29, 0.717) is 31.7 Å². The van der Waals surface area contributed by atoms with Crippen molar-refractivity contribution in [3.8, 4) is 5.75 Å². The van der Waals surface area contributed by atoms with Crippen LogP contribution in [-0.4, -0.2) is 42.5 Å². The molecule has 0 bridgehead atoms. The number of rotatable bonds is 6. The molecule has 0 aromatic heterocycles. The summed E-state index contributed by atoms with van der Waals surface area (Å²) in [5, 5.41) is 2.94. The minimum atomic E-state index is -0.531. The van der Waals surface area contributed by atoms with Gasteiger partial charge in [0.1, 0.15) is 5.75 Å². The van der Waals surface area contributed by atoms with Gasteiger partial charge in [0.2, 0.25) is 5.91 Å². The Morgan fingerprint density at radius 2 is 1.92 bits per heavy atom. The Morgan fingerprint density at radius 3 is 2.50 bits per heavy atom. The molecule has 5 nitrogen and oxygen atoms in total. The summed E-state index contributed by atoms with van der Waals surface area (Å²) >= 11 is 3.37. The molecule has 2 rings (SSSR count). The minimum absolute atomic E-state index is 0.0169. The van der Waals surface area contributed by atoms with Gasteiger partial charge in [-0.25, -0.2) is 0 Å². The Morgan fingerprint density at radius 1 is 1.29 bits per heavy atom. The van der Waals surface area contributed by atoms with E-state index >= 15 is 0 Å². The number of carbonyl (C=O) groups is 2. The number of piperidine rings is 1. The van der Waals surface area contributed by atoms with Crippen LogP contribution in [0.1, 0.15) is 33.1 Å². The van der Waals surface area contributed by atoms with Crippen molar-refractivity contribution in [3.05, 3.63) is 28.7 Å². The Hall–Kier alpha value is -1.56. The molecule has 0 spiro atoms. The smallest absolute Gasteiger partial charge is 0.263 e. The topological polar surface area (TPSA) is 58.6 Å². The van der Waals surface area contributed by atoms with Crippen LogP contribution in [0.4, 0.5) is 0 Å². The predicted octanol–water partition coefficient (Wildman–Crippen LogP) is 2.98. The molecule has 1 heterocycles. The van der Waals surface area contributed by atoms with Crippen LogP contribution in [0.25, 0.3) is 0 Å². The zero-order chi connectivity index (χ0) is 17.5. The second-order valence-corrected chi connectivity index (χ2v) is 7.02. The molecule has 1 aromatic carbocycles. The molecule has 1 aromatic rings. The van der Waals surface area contributed by atoms with Crippen LogP contribution >= 0.6 is 15.9 Å². The lowest BCUT2D eigenvalue weighted by Crippen LogP contribution is -2.47. The van der Waals surface area contributed by atoms with E-state index in [1.165, 1.54) is 0 Å². The van der Waals surface area contributed by atoms with Gasteiger partial charge in [-0.05, 0) is 50.5 Å². The van der Waals surface area contributed by atoms with Crippen LogP contribution in [0.15, 0.2) is 28.7 Å². The van der Waals surface area contributed by atoms with Crippen LogP contribution in [0, 0.1) is 5.92 Å². The highest BCUT2D eigenvalue weighted by Gasteiger charge is 2.29. The Bertz CT molecular complexity index is 554. The quantitative estimate of drug-likeness (QED) is 0.803. The average molecular weight is 397 g/mol. The van der Waals surface area contributed by atoms with Crippen molar-refractivity contribution < 1.29 is 14.3 Å². The maximum Gasteiger partial charge on any atom is 0.263 e. The van der Waals surface area contributed by atoms with Crippen LogP contribution in [0.3, 0.4) is 0 Å². The standard InChI is InChI=1S/C18H25BrN2O3/c1-3-10-20-17(22)14-8-11-21(12-9-14)18(23)13(2)24-16-6-4-15(19)5-7-16/h4-7,13-14H,3,8-12H2,1-2H3,(H,20,22). The first-order chi connectivity index (χ1) is 11.5. The lowest BCUT2D eigenvalue weighted by atomic mass is 9.95. The lowest BCUT2D eigenvalue weighted by molar-refractivity contribution is -0.141. The molecule has 132 valence electrons. The summed E-state index contributed by atoms with van der Waals surface area (Å²) in [5.74, 6) is 0.782. The molecule has 1 aliphatic rings. The fourth-order valence-corrected chi connectivity index (χ4v) is 3.04. The van der Waals surface area contributed by atoms with E-state index in [1.54, 1.807) is 11.8 Å². The SMILES string of the molecule is CCCNC(=O)C1CCN(C(=O)C(C)Oc2ccc(Br)cc2)CC1. The van der Waals surface area contributed by atoms with Gasteiger partial charge in [0.25, 0.3) is 5.91 Å². The normalized spacial score (nSPS) is 16.5. The summed E-state index contributed by atoms with van der Waals surface area (Å²) < 4.78 is 6.69. The van der Waals surface area contributed by atoms with Crippen molar-refractivity contribution in [3.63, 3.8) is 0 Å². The van der Waals surface area contributed by atoms with Gasteiger partial charge in [-0.3, -0.25) is 9.59 Å². The number of likely N-dealkylation sites (tertiary alicyclic amines) is 1. The first-order valence-electron chi connectivity index (χ1n) is 8.50. The highest BCUT2D eigenvalue weighted by molar-refractivity contribution is 9.10. The van der Waals surface area contributed by atoms with Crippen LogP contribution in [0.2, 0.25) is 0 Å². The molecule has 1 atom stereocenters. The molecule has 0 radical (unpaired) electrons. The van der Waals surface area contributed by atoms with Crippen LogP contribution in [-0.2, 0) is 9.59 Å². The van der Waals surface area contributed by atoms with Crippen LogP contribution in [0.5, 0.6) is 5.75 Å². The van der Waals surface area contributed by atoms with Crippen molar-refractivity contribution in [2.45, 2.75) is 39.2 Å². The molecule has 24 heavy (non-hydrogen) atoms. The molecule has 1 unspecified atom stereocenters. The third-order valence-electron chi connectivity index (χ3n) is 4.20. The van der Waals surface area contributed by atoms with E-state index in [-0.39, 0.29) is 17.7 Å². The molecule has 0 aliphatic carbocycles. The summed E-state index contributed by atoms with van der Waals surface area (Å²) in [7, 11) is 0. The number of amides is 2. The van der Waals surface area contributed by atoms with E-state index in [9.17, 15) is 9.59 Å². The monoisotopic (exact) mass is 396 g/mol. The summed E-state index contributed by atoms with van der Waals surface area (Å²) in [5.41, 5.74) is 0. The number of halogens is 1. The van der Waals surface area contributed by atoms with Gasteiger partial charge in [-0.2, -0.15) is 0 Å². The van der Waals surface area contributed by atoms with E-state index < -0.39 is 6.10 Å². The van der Waals surface area contributed by atoms with Gasteiger partial charge >= 0.3 is 0 Å². The Kier molecular flexibility index (Phi) is 7.09. The summed E-state index contributed by atoms with van der Waals surface area (Å²) in [6.07, 6.45) is 1.84. The van der Waals surface area contributed by atoms with Crippen molar-refractivity contribution in [2.24, 2.45) is 5.92 Å². The molecule has 1 N–H and O–H groups in total. The maximum absolute atomic E-state index is 12.5. The highest BCUT2D eigenvalue weighted by atomic mass is 79.9.